The molecule has 10 nitrogen and oxygen atoms in total. The summed E-state index contributed by atoms with van der Waals surface area (Å²) in [6.45, 7) is -1.65. The molecule has 3 rings (SSSR count). The lowest BCUT2D eigenvalue weighted by molar-refractivity contribution is -0.385. The summed E-state index contributed by atoms with van der Waals surface area (Å²) < 4.78 is 72.4. The van der Waals surface area contributed by atoms with Gasteiger partial charge in [0.15, 0.2) is 6.79 Å². The molecule has 0 saturated carbocycles. The van der Waals surface area contributed by atoms with Crippen LogP contribution in [-0.4, -0.2) is 38.8 Å². The highest BCUT2D eigenvalue weighted by molar-refractivity contribution is 7.89. The number of nitro benzene ring substituents is 1. The number of rotatable bonds is 7. The second-order valence-electron chi connectivity index (χ2n) is 6.68. The molecule has 1 aliphatic rings. The number of carbonyl (C=O) groups is 1. The van der Waals surface area contributed by atoms with E-state index in [1.807, 2.05) is 0 Å². The zero-order chi connectivity index (χ0) is 24.2. The fraction of sp³-hybridized carbons (Fsp3) is 0.211. The van der Waals surface area contributed by atoms with Gasteiger partial charge in [0.05, 0.1) is 16.4 Å². The summed E-state index contributed by atoms with van der Waals surface area (Å²) in [7, 11) is -4.38. The van der Waals surface area contributed by atoms with E-state index in [9.17, 15) is 36.5 Å². The molecule has 0 aliphatic carbocycles. The first-order valence-corrected chi connectivity index (χ1v) is 10.6. The van der Waals surface area contributed by atoms with Crippen molar-refractivity contribution in [1.82, 2.24) is 4.72 Å². The van der Waals surface area contributed by atoms with Crippen LogP contribution in [0.4, 0.5) is 24.5 Å². The number of sulfonamides is 1. The Morgan fingerprint density at radius 1 is 1.21 bits per heavy atom. The number of nitro groups is 1. The van der Waals surface area contributed by atoms with Gasteiger partial charge in [0, 0.05) is 35.0 Å². The summed E-state index contributed by atoms with van der Waals surface area (Å²) in [5.41, 5.74) is 0.699. The molecule has 0 radical (unpaired) electrons. The van der Waals surface area contributed by atoms with Crippen LogP contribution < -0.4 is 14.8 Å². The van der Waals surface area contributed by atoms with Gasteiger partial charge in [-0.1, -0.05) is 0 Å². The van der Waals surface area contributed by atoms with Crippen LogP contribution in [0.25, 0.3) is 6.08 Å². The summed E-state index contributed by atoms with van der Waals surface area (Å²) >= 11 is 0. The lowest BCUT2D eigenvalue weighted by atomic mass is 10.1. The smallest absolute Gasteiger partial charge is 0.402 e. The summed E-state index contributed by atoms with van der Waals surface area (Å²) in [6, 6.07) is 7.01. The van der Waals surface area contributed by atoms with E-state index in [2.05, 4.69) is 5.32 Å². The van der Waals surface area contributed by atoms with Gasteiger partial charge in [0.1, 0.15) is 12.3 Å². The lowest BCUT2D eigenvalue weighted by Gasteiger charge is -2.19. The molecular formula is C19H16F3N3O7S. The van der Waals surface area contributed by atoms with Crippen LogP contribution in [0.2, 0.25) is 0 Å². The highest BCUT2D eigenvalue weighted by atomic mass is 32.2. The van der Waals surface area contributed by atoms with Gasteiger partial charge in [-0.2, -0.15) is 13.2 Å². The van der Waals surface area contributed by atoms with Gasteiger partial charge in [-0.3, -0.25) is 14.9 Å². The molecule has 0 unspecified atom stereocenters. The van der Waals surface area contributed by atoms with Gasteiger partial charge in [0.25, 0.3) is 5.69 Å². The first-order valence-electron chi connectivity index (χ1n) is 9.12. The van der Waals surface area contributed by atoms with Crippen LogP contribution >= 0.6 is 0 Å². The van der Waals surface area contributed by atoms with E-state index >= 15 is 0 Å². The van der Waals surface area contributed by atoms with Crippen molar-refractivity contribution >= 4 is 33.4 Å². The van der Waals surface area contributed by atoms with Gasteiger partial charge in [-0.15, -0.1) is 0 Å². The van der Waals surface area contributed by atoms with Crippen molar-refractivity contribution in [3.05, 3.63) is 63.7 Å². The van der Waals surface area contributed by atoms with Crippen molar-refractivity contribution in [3.8, 4) is 5.75 Å². The molecule has 2 aromatic rings. The van der Waals surface area contributed by atoms with Crippen molar-refractivity contribution in [2.75, 3.05) is 18.7 Å². The number of amides is 1. The Morgan fingerprint density at radius 3 is 2.55 bits per heavy atom. The van der Waals surface area contributed by atoms with E-state index in [1.54, 1.807) is 0 Å². The van der Waals surface area contributed by atoms with Crippen molar-refractivity contribution < 1.29 is 40.8 Å². The third-order valence-electron chi connectivity index (χ3n) is 4.24. The number of nitrogens with one attached hydrogen (secondary N) is 2. The molecule has 176 valence electrons. The van der Waals surface area contributed by atoms with E-state index in [0.29, 0.717) is 11.3 Å². The van der Waals surface area contributed by atoms with Crippen molar-refractivity contribution in [2.45, 2.75) is 17.7 Å². The molecule has 0 saturated heterocycles. The van der Waals surface area contributed by atoms with Crippen LogP contribution in [0.15, 0.2) is 47.4 Å². The third-order valence-corrected chi connectivity index (χ3v) is 5.66. The number of hydrogen-bond acceptors (Lipinski definition) is 7. The number of non-ortho nitro benzene ring substituents is 1. The lowest BCUT2D eigenvalue weighted by Crippen LogP contribution is -2.33. The topological polar surface area (TPSA) is 137 Å². The number of ether oxygens (including phenoxy) is 2. The molecule has 14 heteroatoms. The van der Waals surface area contributed by atoms with E-state index in [4.69, 9.17) is 9.47 Å². The SMILES string of the molecule is O=C(/C=C/c1cc([N+](=O)[O-])cc2c1OCOC2)Nc1ccc(S(=O)(=O)NCC(F)(F)F)cc1. The zero-order valence-electron chi connectivity index (χ0n) is 16.6. The molecule has 0 fully saturated rings. The Morgan fingerprint density at radius 2 is 1.91 bits per heavy atom. The van der Waals surface area contributed by atoms with E-state index in [-0.39, 0.29) is 30.3 Å². The van der Waals surface area contributed by atoms with E-state index in [1.165, 1.54) is 35.1 Å². The Bertz CT molecular complexity index is 1200. The number of alkyl halides is 3. The monoisotopic (exact) mass is 487 g/mol. The first-order chi connectivity index (χ1) is 15.4. The fourth-order valence-electron chi connectivity index (χ4n) is 2.79. The van der Waals surface area contributed by atoms with Gasteiger partial charge >= 0.3 is 6.18 Å². The van der Waals surface area contributed by atoms with Crippen LogP contribution in [-0.2, 0) is 26.2 Å². The third kappa shape index (κ3) is 6.50. The summed E-state index contributed by atoms with van der Waals surface area (Å²) in [4.78, 5) is 22.3. The quantitative estimate of drug-likeness (QED) is 0.348. The van der Waals surface area contributed by atoms with Gasteiger partial charge in [-0.25, -0.2) is 13.1 Å². The highest BCUT2D eigenvalue weighted by Gasteiger charge is 2.30. The zero-order valence-corrected chi connectivity index (χ0v) is 17.4. The molecule has 1 heterocycles. The molecule has 2 aromatic carbocycles. The van der Waals surface area contributed by atoms with Crippen LogP contribution in [0, 0.1) is 10.1 Å². The van der Waals surface area contributed by atoms with Crippen molar-refractivity contribution in [3.63, 3.8) is 0 Å². The largest absolute Gasteiger partial charge is 0.467 e. The van der Waals surface area contributed by atoms with Crippen LogP contribution in [0.3, 0.4) is 0 Å². The number of hydrogen-bond donors (Lipinski definition) is 2. The maximum Gasteiger partial charge on any atom is 0.402 e. The van der Waals surface area contributed by atoms with Crippen LogP contribution in [0.1, 0.15) is 11.1 Å². The number of carbonyl (C=O) groups excluding carboxylic acids is 1. The summed E-state index contributed by atoms with van der Waals surface area (Å²) in [6.07, 6.45) is -2.30. The number of nitrogens with zero attached hydrogens (tertiary/aromatic N) is 1. The molecule has 0 spiro atoms. The molecule has 0 aromatic heterocycles. The van der Waals surface area contributed by atoms with Gasteiger partial charge in [0.2, 0.25) is 15.9 Å². The molecule has 1 amide bonds. The Balaban J connectivity index is 1.70. The average molecular weight is 487 g/mol. The minimum absolute atomic E-state index is 0.0507. The molecule has 33 heavy (non-hydrogen) atoms. The Labute approximate surface area is 185 Å². The Kier molecular flexibility index (Phi) is 7.00. The maximum atomic E-state index is 12.2. The number of benzene rings is 2. The maximum absolute atomic E-state index is 12.2. The molecule has 0 bridgehead atoms. The molecular weight excluding hydrogens is 471 g/mol. The molecule has 1 aliphatic heterocycles. The number of halogens is 3. The van der Waals surface area contributed by atoms with Crippen molar-refractivity contribution in [2.24, 2.45) is 0 Å². The standard InChI is InChI=1S/C19H16F3N3O7S/c20-19(21,22)10-23-33(29,30)16-4-2-14(3-5-16)24-17(26)6-1-12-7-15(25(27)28)8-13-9-31-11-32-18(12)13/h1-8,23H,9-11H2,(H,24,26)/b6-1+. The minimum atomic E-state index is -4.70. The second-order valence-corrected chi connectivity index (χ2v) is 8.44. The fourth-order valence-corrected chi connectivity index (χ4v) is 3.80. The average Bonchev–Trinajstić information content (AvgIpc) is 2.76. The summed E-state index contributed by atoms with van der Waals surface area (Å²) in [5, 5.41) is 13.6. The predicted octanol–water partition coefficient (Wildman–Crippen LogP) is 2.95. The molecule has 2 N–H and O–H groups in total. The van der Waals surface area contributed by atoms with Gasteiger partial charge < -0.3 is 14.8 Å². The number of anilines is 1. The van der Waals surface area contributed by atoms with E-state index < -0.39 is 38.5 Å². The highest BCUT2D eigenvalue weighted by Crippen LogP contribution is 2.33. The van der Waals surface area contributed by atoms with E-state index in [0.717, 1.165) is 18.2 Å². The predicted molar refractivity (Wildman–Crippen MR) is 109 cm³/mol. The Hall–Kier alpha value is -3.49. The normalized spacial score (nSPS) is 13.9. The second kappa shape index (κ2) is 9.56. The van der Waals surface area contributed by atoms with Crippen molar-refractivity contribution in [1.29, 1.82) is 0 Å². The first kappa shape index (κ1) is 24.2. The number of fused-ring (bicyclic) bond motifs is 1. The minimum Gasteiger partial charge on any atom is -0.467 e. The summed E-state index contributed by atoms with van der Waals surface area (Å²) in [5.74, 6) is -0.301. The van der Waals surface area contributed by atoms with Crippen LogP contribution in [0.5, 0.6) is 5.75 Å². The molecule has 0 atom stereocenters. The van der Waals surface area contributed by atoms with Gasteiger partial charge in [-0.05, 0) is 30.3 Å².